The highest BCUT2D eigenvalue weighted by molar-refractivity contribution is 5.87. The first-order chi connectivity index (χ1) is 9.47. The summed E-state index contributed by atoms with van der Waals surface area (Å²) >= 11 is 0. The van der Waals surface area contributed by atoms with Crippen LogP contribution in [0.2, 0.25) is 0 Å². The average Bonchev–Trinajstić information content (AvgIpc) is 2.44. The van der Waals surface area contributed by atoms with Gasteiger partial charge in [-0.15, -0.1) is 10.2 Å². The van der Waals surface area contributed by atoms with Gasteiger partial charge in [-0.05, 0) is 12.8 Å². The van der Waals surface area contributed by atoms with E-state index >= 15 is 0 Å². The quantitative estimate of drug-likeness (QED) is 0.803. The number of carbonyl (C=O) groups excluding carboxylic acids is 1. The Hall–Kier alpha value is -2.25. The van der Waals surface area contributed by atoms with Crippen LogP contribution in [-0.4, -0.2) is 50.8 Å². The molecule has 0 unspecified atom stereocenters. The lowest BCUT2D eigenvalue weighted by molar-refractivity contribution is -0.137. The molecule has 0 atom stereocenters. The van der Waals surface area contributed by atoms with Crippen LogP contribution in [0, 0.1) is 0 Å². The number of carboxylic acid groups (broad SMARTS) is 1. The number of aliphatic carboxylic acids is 1. The van der Waals surface area contributed by atoms with Crippen molar-refractivity contribution in [2.75, 3.05) is 18.9 Å². The van der Waals surface area contributed by atoms with Gasteiger partial charge in [0.05, 0.1) is 17.8 Å². The molecule has 1 aromatic rings. The van der Waals surface area contributed by atoms with Gasteiger partial charge in [-0.2, -0.15) is 0 Å². The molecule has 2 N–H and O–H groups in total. The third-order valence-corrected chi connectivity index (χ3v) is 2.74. The number of carboxylic acids is 1. The average molecular weight is 281 g/mol. The van der Waals surface area contributed by atoms with Crippen molar-refractivity contribution in [2.45, 2.75) is 33.1 Å². The third kappa shape index (κ3) is 4.45. The molecular weight excluding hydrogens is 262 g/mol. The number of aromatic nitrogens is 3. The van der Waals surface area contributed by atoms with Crippen molar-refractivity contribution >= 4 is 17.9 Å². The minimum absolute atomic E-state index is 0.113. The van der Waals surface area contributed by atoms with E-state index in [4.69, 9.17) is 5.11 Å². The molecule has 8 nitrogen and oxygen atoms in total. The van der Waals surface area contributed by atoms with Crippen LogP contribution in [0.25, 0.3) is 0 Å². The second kappa shape index (κ2) is 7.37. The SMILES string of the molecule is CCc1nnc(NC(=O)N(C)CCC(=O)O)nc1CC. The number of aryl methyl sites for hydroxylation is 2. The summed E-state index contributed by atoms with van der Waals surface area (Å²) in [6.45, 7) is 4.03. The first-order valence-corrected chi connectivity index (χ1v) is 6.44. The van der Waals surface area contributed by atoms with E-state index < -0.39 is 12.0 Å². The largest absolute Gasteiger partial charge is 0.481 e. The Labute approximate surface area is 117 Å². The van der Waals surface area contributed by atoms with E-state index in [2.05, 4.69) is 20.5 Å². The van der Waals surface area contributed by atoms with E-state index in [0.29, 0.717) is 6.42 Å². The molecule has 0 aliphatic heterocycles. The number of rotatable bonds is 6. The number of anilines is 1. The fourth-order valence-electron chi connectivity index (χ4n) is 1.55. The third-order valence-electron chi connectivity index (χ3n) is 2.74. The van der Waals surface area contributed by atoms with Gasteiger partial charge in [0.15, 0.2) is 0 Å². The maximum absolute atomic E-state index is 11.8. The molecule has 110 valence electrons. The van der Waals surface area contributed by atoms with Crippen LogP contribution in [0.4, 0.5) is 10.7 Å². The Morgan fingerprint density at radius 2 is 1.85 bits per heavy atom. The van der Waals surface area contributed by atoms with Crippen LogP contribution in [-0.2, 0) is 17.6 Å². The zero-order valence-electron chi connectivity index (χ0n) is 11.9. The Morgan fingerprint density at radius 1 is 1.20 bits per heavy atom. The normalized spacial score (nSPS) is 10.2. The smallest absolute Gasteiger partial charge is 0.324 e. The summed E-state index contributed by atoms with van der Waals surface area (Å²) in [5.74, 6) is -0.825. The number of hydrogen-bond donors (Lipinski definition) is 2. The Bertz CT molecular complexity index is 492. The van der Waals surface area contributed by atoms with Crippen molar-refractivity contribution in [2.24, 2.45) is 0 Å². The summed E-state index contributed by atoms with van der Waals surface area (Å²) in [7, 11) is 1.51. The van der Waals surface area contributed by atoms with Gasteiger partial charge in [0, 0.05) is 13.6 Å². The van der Waals surface area contributed by atoms with E-state index in [0.717, 1.165) is 17.8 Å². The van der Waals surface area contributed by atoms with Gasteiger partial charge in [-0.3, -0.25) is 10.1 Å². The van der Waals surface area contributed by atoms with Crippen molar-refractivity contribution < 1.29 is 14.7 Å². The van der Waals surface area contributed by atoms with Gasteiger partial charge in [-0.1, -0.05) is 13.8 Å². The highest BCUT2D eigenvalue weighted by Gasteiger charge is 2.13. The number of amides is 2. The highest BCUT2D eigenvalue weighted by atomic mass is 16.4. The molecule has 0 aromatic carbocycles. The Morgan fingerprint density at radius 3 is 2.40 bits per heavy atom. The predicted molar refractivity (Wildman–Crippen MR) is 72.5 cm³/mol. The van der Waals surface area contributed by atoms with Gasteiger partial charge in [-0.25, -0.2) is 9.78 Å². The molecule has 0 aliphatic rings. The van der Waals surface area contributed by atoms with Crippen LogP contribution in [0.3, 0.4) is 0 Å². The number of nitrogens with zero attached hydrogens (tertiary/aromatic N) is 4. The first kappa shape index (κ1) is 15.8. The van der Waals surface area contributed by atoms with Gasteiger partial charge in [0.2, 0.25) is 0 Å². The molecule has 0 aliphatic carbocycles. The molecule has 0 bridgehead atoms. The fraction of sp³-hybridized carbons (Fsp3) is 0.583. The summed E-state index contributed by atoms with van der Waals surface area (Å²) in [5.41, 5.74) is 1.61. The van der Waals surface area contributed by atoms with E-state index in [-0.39, 0.29) is 18.9 Å². The minimum Gasteiger partial charge on any atom is -0.481 e. The van der Waals surface area contributed by atoms with Crippen molar-refractivity contribution in [3.8, 4) is 0 Å². The molecule has 0 radical (unpaired) electrons. The summed E-state index contributed by atoms with van der Waals surface area (Å²) in [6.07, 6.45) is 1.32. The molecule has 20 heavy (non-hydrogen) atoms. The van der Waals surface area contributed by atoms with E-state index in [9.17, 15) is 9.59 Å². The second-order valence-corrected chi connectivity index (χ2v) is 4.23. The number of carbonyl (C=O) groups is 2. The lowest BCUT2D eigenvalue weighted by Crippen LogP contribution is -2.33. The molecule has 1 rings (SSSR count). The van der Waals surface area contributed by atoms with Crippen LogP contribution in [0.15, 0.2) is 0 Å². The highest BCUT2D eigenvalue weighted by Crippen LogP contribution is 2.07. The number of urea groups is 1. The second-order valence-electron chi connectivity index (χ2n) is 4.23. The molecular formula is C12H19N5O3. The first-order valence-electron chi connectivity index (χ1n) is 6.44. The molecule has 0 saturated heterocycles. The van der Waals surface area contributed by atoms with Crippen LogP contribution < -0.4 is 5.32 Å². The lowest BCUT2D eigenvalue weighted by atomic mass is 10.2. The summed E-state index contributed by atoms with van der Waals surface area (Å²) in [6, 6.07) is -0.459. The van der Waals surface area contributed by atoms with Crippen LogP contribution in [0.5, 0.6) is 0 Å². The molecule has 0 saturated carbocycles. The summed E-state index contributed by atoms with van der Waals surface area (Å²) in [4.78, 5) is 27.7. The molecule has 0 fully saturated rings. The number of nitrogens with one attached hydrogen (secondary N) is 1. The molecule has 8 heteroatoms. The standard InChI is InChI=1S/C12H19N5O3/c1-4-8-9(5-2)15-16-11(13-8)14-12(20)17(3)7-6-10(18)19/h4-7H2,1-3H3,(H,18,19)(H,13,14,16,20). The van der Waals surface area contributed by atoms with Crippen molar-refractivity contribution in [3.05, 3.63) is 11.4 Å². The van der Waals surface area contributed by atoms with Gasteiger partial charge >= 0.3 is 12.0 Å². The summed E-state index contributed by atoms with van der Waals surface area (Å²) < 4.78 is 0. The molecule has 1 heterocycles. The van der Waals surface area contributed by atoms with E-state index in [1.807, 2.05) is 13.8 Å². The van der Waals surface area contributed by atoms with Crippen LogP contribution >= 0.6 is 0 Å². The maximum Gasteiger partial charge on any atom is 0.324 e. The summed E-state index contributed by atoms with van der Waals surface area (Å²) in [5, 5.41) is 18.9. The molecule has 0 spiro atoms. The van der Waals surface area contributed by atoms with Crippen molar-refractivity contribution in [1.29, 1.82) is 0 Å². The Balaban J connectivity index is 2.68. The van der Waals surface area contributed by atoms with Gasteiger partial charge < -0.3 is 10.0 Å². The zero-order chi connectivity index (χ0) is 15.1. The van der Waals surface area contributed by atoms with Gasteiger partial charge in [0.1, 0.15) is 0 Å². The molecule has 2 amide bonds. The fourth-order valence-corrected chi connectivity index (χ4v) is 1.55. The maximum atomic E-state index is 11.8. The predicted octanol–water partition coefficient (Wildman–Crippen LogP) is 0.935. The van der Waals surface area contributed by atoms with Gasteiger partial charge in [0.25, 0.3) is 5.95 Å². The van der Waals surface area contributed by atoms with Crippen LogP contribution in [0.1, 0.15) is 31.7 Å². The topological polar surface area (TPSA) is 108 Å². The minimum atomic E-state index is -0.955. The Kier molecular flexibility index (Phi) is 5.82. The van der Waals surface area contributed by atoms with Crippen molar-refractivity contribution in [1.82, 2.24) is 20.1 Å². The number of hydrogen-bond acceptors (Lipinski definition) is 5. The van der Waals surface area contributed by atoms with Crippen molar-refractivity contribution in [3.63, 3.8) is 0 Å². The van der Waals surface area contributed by atoms with E-state index in [1.165, 1.54) is 11.9 Å². The van der Waals surface area contributed by atoms with E-state index in [1.54, 1.807) is 0 Å². The lowest BCUT2D eigenvalue weighted by Gasteiger charge is -2.16. The zero-order valence-corrected chi connectivity index (χ0v) is 11.9. The molecule has 1 aromatic heterocycles. The monoisotopic (exact) mass is 281 g/mol.